The van der Waals surface area contributed by atoms with Crippen molar-refractivity contribution in [1.82, 2.24) is 9.55 Å². The summed E-state index contributed by atoms with van der Waals surface area (Å²) in [5, 5.41) is 19.6. The van der Waals surface area contributed by atoms with E-state index in [0.717, 1.165) is 16.8 Å². The summed E-state index contributed by atoms with van der Waals surface area (Å²) in [7, 11) is -3.20. The average Bonchev–Trinajstić information content (AvgIpc) is 2.64. The fourth-order valence-corrected chi connectivity index (χ4v) is 2.18. The summed E-state index contributed by atoms with van der Waals surface area (Å²) < 4.78 is 21.0. The highest BCUT2D eigenvalue weighted by Gasteiger charge is 2.44. The van der Waals surface area contributed by atoms with Gasteiger partial charge in [0.1, 0.15) is 18.3 Å². The Morgan fingerprint density at radius 1 is 1.40 bits per heavy atom. The van der Waals surface area contributed by atoms with E-state index >= 15 is 0 Å². The van der Waals surface area contributed by atoms with Crippen LogP contribution in [-0.4, -0.2) is 49.6 Å². The van der Waals surface area contributed by atoms with E-state index in [0.29, 0.717) is 0 Å². The standard InChI is InChI=1S/C9H13N2O8P/c12-5-1-2-11(9(15)10-5)8-7(14)6(13)4(19-8)3-18-20(16)17/h1-2,4,6-8,13-14,20H,3H2,(H,16,17)(H,10,12,15)/t4-,6?,7?,8-/m0/s1. The predicted molar refractivity (Wildman–Crippen MR) is 64.4 cm³/mol. The van der Waals surface area contributed by atoms with E-state index in [2.05, 4.69) is 4.52 Å². The zero-order chi connectivity index (χ0) is 14.9. The zero-order valence-corrected chi connectivity index (χ0v) is 11.0. The lowest BCUT2D eigenvalue weighted by Crippen LogP contribution is -2.37. The Labute approximate surface area is 112 Å². The number of aromatic nitrogens is 2. The molecular formula is C9H13N2O8P. The Morgan fingerprint density at radius 2 is 2.10 bits per heavy atom. The van der Waals surface area contributed by atoms with Crippen LogP contribution in [0.25, 0.3) is 0 Å². The first-order valence-electron chi connectivity index (χ1n) is 5.59. The molecule has 0 saturated carbocycles. The third-order valence-electron chi connectivity index (χ3n) is 2.83. The van der Waals surface area contributed by atoms with Crippen LogP contribution >= 0.6 is 8.25 Å². The van der Waals surface area contributed by atoms with Crippen molar-refractivity contribution in [2.45, 2.75) is 24.5 Å². The van der Waals surface area contributed by atoms with Gasteiger partial charge in [-0.05, 0) is 0 Å². The quantitative estimate of drug-likeness (QED) is 0.448. The number of aliphatic hydroxyl groups excluding tert-OH is 2. The maximum absolute atomic E-state index is 11.6. The minimum atomic E-state index is -3.20. The number of H-pyrrole nitrogens is 1. The molecule has 11 heteroatoms. The Balaban J connectivity index is 2.19. The third-order valence-corrected chi connectivity index (χ3v) is 3.25. The van der Waals surface area contributed by atoms with E-state index in [9.17, 15) is 24.4 Å². The molecule has 1 saturated heterocycles. The van der Waals surface area contributed by atoms with Gasteiger partial charge in [0.15, 0.2) is 6.23 Å². The number of hydrogen-bond acceptors (Lipinski definition) is 7. The highest BCUT2D eigenvalue weighted by atomic mass is 31.1. The van der Waals surface area contributed by atoms with E-state index in [1.54, 1.807) is 0 Å². The molecule has 0 amide bonds. The minimum absolute atomic E-state index is 0.416. The zero-order valence-electron chi connectivity index (χ0n) is 10.0. The van der Waals surface area contributed by atoms with E-state index in [-0.39, 0.29) is 0 Å². The SMILES string of the molecule is O=c1ccn([C@H]2O[C@@H](CO[PH](=O)O)C(O)C2O)c(=O)[nH]1. The molecular weight excluding hydrogens is 295 g/mol. The highest BCUT2D eigenvalue weighted by molar-refractivity contribution is 7.32. The molecule has 20 heavy (non-hydrogen) atoms. The van der Waals surface area contributed by atoms with Crippen LogP contribution in [0.5, 0.6) is 0 Å². The maximum Gasteiger partial charge on any atom is 0.330 e. The van der Waals surface area contributed by atoms with Crippen LogP contribution < -0.4 is 11.2 Å². The Kier molecular flexibility index (Phi) is 4.53. The lowest BCUT2D eigenvalue weighted by atomic mass is 10.1. The smallest absolute Gasteiger partial charge is 0.330 e. The van der Waals surface area contributed by atoms with Gasteiger partial charge in [-0.1, -0.05) is 0 Å². The van der Waals surface area contributed by atoms with Crippen molar-refractivity contribution in [1.29, 1.82) is 0 Å². The van der Waals surface area contributed by atoms with Gasteiger partial charge in [0.05, 0.1) is 6.61 Å². The summed E-state index contributed by atoms with van der Waals surface area (Å²) in [5.74, 6) is 0. The highest BCUT2D eigenvalue weighted by Crippen LogP contribution is 2.29. The van der Waals surface area contributed by atoms with Gasteiger partial charge in [0.2, 0.25) is 0 Å². The average molecular weight is 308 g/mol. The van der Waals surface area contributed by atoms with Crippen LogP contribution in [0.15, 0.2) is 21.9 Å². The summed E-state index contributed by atoms with van der Waals surface area (Å²) in [6.45, 7) is -0.416. The molecule has 0 bridgehead atoms. The summed E-state index contributed by atoms with van der Waals surface area (Å²) in [6.07, 6.45) is -4.05. The Bertz CT molecular complexity index is 612. The molecule has 112 valence electrons. The third kappa shape index (κ3) is 3.06. The van der Waals surface area contributed by atoms with Gasteiger partial charge >= 0.3 is 13.9 Å². The molecule has 2 heterocycles. The molecule has 1 aromatic rings. The number of aromatic amines is 1. The Morgan fingerprint density at radius 3 is 2.70 bits per heavy atom. The van der Waals surface area contributed by atoms with Gasteiger partial charge in [-0.25, -0.2) is 4.79 Å². The molecule has 1 fully saturated rings. The molecule has 3 unspecified atom stereocenters. The largest absolute Gasteiger partial charge is 0.387 e. The molecule has 0 aliphatic carbocycles. The van der Waals surface area contributed by atoms with Gasteiger partial charge in [0.25, 0.3) is 5.56 Å². The first-order chi connectivity index (χ1) is 9.40. The van der Waals surface area contributed by atoms with Crippen molar-refractivity contribution in [3.63, 3.8) is 0 Å². The second-order valence-electron chi connectivity index (χ2n) is 4.14. The first kappa shape index (κ1) is 15.1. The van der Waals surface area contributed by atoms with E-state index in [1.807, 2.05) is 4.98 Å². The summed E-state index contributed by atoms with van der Waals surface area (Å²) in [4.78, 5) is 33.0. The lowest BCUT2D eigenvalue weighted by molar-refractivity contribution is -0.0517. The fraction of sp³-hybridized carbons (Fsp3) is 0.556. The van der Waals surface area contributed by atoms with Crippen molar-refractivity contribution in [2.75, 3.05) is 6.61 Å². The number of hydrogen-bond donors (Lipinski definition) is 4. The molecule has 1 aliphatic rings. The number of nitrogens with one attached hydrogen (secondary N) is 1. The van der Waals surface area contributed by atoms with E-state index in [4.69, 9.17) is 9.63 Å². The molecule has 1 aliphatic heterocycles. The predicted octanol–water partition coefficient (Wildman–Crippen LogP) is -2.45. The van der Waals surface area contributed by atoms with E-state index in [1.165, 1.54) is 0 Å². The van der Waals surface area contributed by atoms with Crippen LogP contribution in [0.1, 0.15) is 6.23 Å². The molecule has 10 nitrogen and oxygen atoms in total. The number of rotatable bonds is 4. The maximum atomic E-state index is 11.6. The molecule has 2 rings (SSSR count). The van der Waals surface area contributed by atoms with Gasteiger partial charge < -0.3 is 24.4 Å². The van der Waals surface area contributed by atoms with Crippen LogP contribution in [0.4, 0.5) is 0 Å². The van der Waals surface area contributed by atoms with Crippen LogP contribution in [-0.2, 0) is 13.8 Å². The van der Waals surface area contributed by atoms with Crippen molar-refractivity contribution in [3.05, 3.63) is 33.1 Å². The molecule has 5 atom stereocenters. The van der Waals surface area contributed by atoms with E-state index < -0.39 is 50.7 Å². The number of nitrogens with zero attached hydrogens (tertiary/aromatic N) is 1. The molecule has 0 spiro atoms. The summed E-state index contributed by atoms with van der Waals surface area (Å²) in [5.41, 5.74) is -1.43. The number of ether oxygens (including phenoxy) is 1. The van der Waals surface area contributed by atoms with Gasteiger partial charge in [-0.15, -0.1) is 0 Å². The molecule has 0 aromatic carbocycles. The van der Waals surface area contributed by atoms with Gasteiger partial charge in [-0.2, -0.15) is 0 Å². The lowest BCUT2D eigenvalue weighted by Gasteiger charge is -2.16. The van der Waals surface area contributed by atoms with Crippen LogP contribution in [0.2, 0.25) is 0 Å². The second-order valence-corrected chi connectivity index (χ2v) is 4.96. The minimum Gasteiger partial charge on any atom is -0.387 e. The summed E-state index contributed by atoms with van der Waals surface area (Å²) >= 11 is 0. The first-order valence-corrected chi connectivity index (χ1v) is 6.85. The topological polar surface area (TPSA) is 151 Å². The number of aliphatic hydroxyl groups is 2. The van der Waals surface area contributed by atoms with Gasteiger partial charge in [-0.3, -0.25) is 18.9 Å². The monoisotopic (exact) mass is 308 g/mol. The second kappa shape index (κ2) is 6.00. The van der Waals surface area contributed by atoms with Crippen molar-refractivity contribution in [3.8, 4) is 0 Å². The fourth-order valence-electron chi connectivity index (χ4n) is 1.88. The Hall–Kier alpha value is -1.29. The summed E-state index contributed by atoms with van der Waals surface area (Å²) in [6, 6.07) is 1.06. The van der Waals surface area contributed by atoms with Crippen LogP contribution in [0.3, 0.4) is 0 Å². The van der Waals surface area contributed by atoms with Gasteiger partial charge in [0, 0.05) is 12.3 Å². The molecule has 4 N–H and O–H groups in total. The normalized spacial score (nSPS) is 31.4. The molecule has 1 aromatic heterocycles. The van der Waals surface area contributed by atoms with Crippen LogP contribution in [0, 0.1) is 0 Å². The van der Waals surface area contributed by atoms with Crippen molar-refractivity contribution in [2.24, 2.45) is 0 Å². The molecule has 0 radical (unpaired) electrons. The van der Waals surface area contributed by atoms with Crippen molar-refractivity contribution >= 4 is 8.25 Å². The van der Waals surface area contributed by atoms with Crippen molar-refractivity contribution < 1.29 is 28.9 Å².